The summed E-state index contributed by atoms with van der Waals surface area (Å²) < 4.78 is 0. The first-order valence-electron chi connectivity index (χ1n) is 16.1. The van der Waals surface area contributed by atoms with E-state index in [1.165, 1.54) is 83.0 Å². The molecule has 7 heteroatoms. The lowest BCUT2D eigenvalue weighted by Crippen LogP contribution is -2.56. The van der Waals surface area contributed by atoms with Gasteiger partial charge in [0.25, 0.3) is 11.8 Å². The number of amides is 2. The van der Waals surface area contributed by atoms with E-state index in [9.17, 15) is 9.59 Å². The second kappa shape index (κ2) is 13.4. The van der Waals surface area contributed by atoms with E-state index in [1.807, 2.05) is 28.1 Å². The summed E-state index contributed by atoms with van der Waals surface area (Å²) in [5.74, 6) is 1.35. The van der Waals surface area contributed by atoms with Gasteiger partial charge in [-0.1, -0.05) is 98.5 Å². The van der Waals surface area contributed by atoms with Crippen LogP contribution < -0.4 is 10.4 Å². The zero-order valence-electron chi connectivity index (χ0n) is 25.6. The summed E-state index contributed by atoms with van der Waals surface area (Å²) in [6.45, 7) is 12.1. The summed E-state index contributed by atoms with van der Waals surface area (Å²) in [7, 11) is -2.01. The Bertz CT molecular complexity index is 1350. The molecule has 2 unspecified atom stereocenters. The quantitative estimate of drug-likeness (QED) is 0.117. The van der Waals surface area contributed by atoms with Gasteiger partial charge in [-0.15, -0.1) is 34.0 Å². The van der Waals surface area contributed by atoms with Gasteiger partial charge in [0.1, 0.15) is 8.07 Å². The molecule has 5 rings (SSSR count). The molecule has 0 aromatic carbocycles. The molecule has 0 radical (unpaired) electrons. The monoisotopic (exact) mass is 625 g/mol. The van der Waals surface area contributed by atoms with Crippen molar-refractivity contribution in [3.05, 3.63) is 34.0 Å². The molecule has 222 valence electrons. The number of carbonyl (C=O) groups excluding carboxylic acids is 2. The van der Waals surface area contributed by atoms with Crippen LogP contribution >= 0.6 is 34.0 Å². The van der Waals surface area contributed by atoms with Gasteiger partial charge in [-0.2, -0.15) is 0 Å². The third-order valence-electron chi connectivity index (χ3n) is 9.68. The fraction of sp³-hybridized carbons (Fsp3) is 0.588. The van der Waals surface area contributed by atoms with E-state index in [0.29, 0.717) is 17.7 Å². The first-order valence-corrected chi connectivity index (χ1v) is 21.1. The minimum Gasteiger partial charge on any atom is -0.274 e. The molecule has 3 aromatic heterocycles. The van der Waals surface area contributed by atoms with Crippen LogP contribution in [0, 0.1) is 11.8 Å². The molecule has 0 saturated heterocycles. The number of carbonyl (C=O) groups is 2. The van der Waals surface area contributed by atoms with Crippen LogP contribution in [0.15, 0.2) is 22.9 Å². The standard InChI is InChI=1S/C34H47NO2S3Si/c1-6-11-14-23(9-4)21-41(22-24(10-5)15-12-7-2)27-16-18-38-31(27)32-28(41)19-26(40-32)30-29-25(20-39-30)33(36)35(34(29)37)17-13-8-3/h16,18-20,23-24H,6-15,17,21-22H2,1-5H3. The van der Waals surface area contributed by atoms with Crippen molar-refractivity contribution in [1.82, 2.24) is 4.90 Å². The molecule has 2 aliphatic rings. The first kappa shape index (κ1) is 30.9. The molecular formula is C34H47NO2S3Si. The van der Waals surface area contributed by atoms with Crippen molar-refractivity contribution in [1.29, 1.82) is 0 Å². The molecule has 0 aliphatic carbocycles. The molecule has 3 nitrogen and oxygen atoms in total. The van der Waals surface area contributed by atoms with Crippen molar-refractivity contribution in [3.8, 4) is 19.5 Å². The van der Waals surface area contributed by atoms with Crippen LogP contribution in [0.3, 0.4) is 0 Å². The van der Waals surface area contributed by atoms with Gasteiger partial charge in [0.2, 0.25) is 0 Å². The lowest BCUT2D eigenvalue weighted by atomic mass is 10.0. The van der Waals surface area contributed by atoms with Gasteiger partial charge in [-0.25, -0.2) is 0 Å². The van der Waals surface area contributed by atoms with Crippen molar-refractivity contribution in [3.63, 3.8) is 0 Å². The first-order chi connectivity index (χ1) is 19.9. The van der Waals surface area contributed by atoms with Crippen LogP contribution in [0.4, 0.5) is 0 Å². The van der Waals surface area contributed by atoms with Crippen molar-refractivity contribution in [2.75, 3.05) is 6.54 Å². The molecule has 0 bridgehead atoms. The van der Waals surface area contributed by atoms with Gasteiger partial charge in [0.15, 0.2) is 0 Å². The highest BCUT2D eigenvalue weighted by atomic mass is 32.1. The van der Waals surface area contributed by atoms with Crippen LogP contribution in [0.2, 0.25) is 12.1 Å². The average molecular weight is 626 g/mol. The topological polar surface area (TPSA) is 37.4 Å². The fourth-order valence-corrected chi connectivity index (χ4v) is 18.6. The Morgan fingerprint density at radius 3 is 2.05 bits per heavy atom. The van der Waals surface area contributed by atoms with Crippen LogP contribution in [-0.2, 0) is 0 Å². The SMILES string of the molecule is CCCCC(CC)C[Si]1(CC(CC)CCCC)c2ccsc2-c2sc(-c3scc4c3C(=O)N(CCCC)C4=O)cc21. The number of hydrogen-bond donors (Lipinski definition) is 0. The molecule has 3 aromatic rings. The van der Waals surface area contributed by atoms with E-state index in [-0.39, 0.29) is 11.8 Å². The van der Waals surface area contributed by atoms with Gasteiger partial charge >= 0.3 is 0 Å². The summed E-state index contributed by atoms with van der Waals surface area (Å²) in [4.78, 5) is 33.4. The molecule has 0 fully saturated rings. The molecule has 41 heavy (non-hydrogen) atoms. The minimum absolute atomic E-state index is 0.0835. The number of nitrogens with zero attached hydrogens (tertiary/aromatic N) is 1. The highest BCUT2D eigenvalue weighted by Gasteiger charge is 2.50. The predicted molar refractivity (Wildman–Crippen MR) is 182 cm³/mol. The van der Waals surface area contributed by atoms with Crippen LogP contribution in [-0.4, -0.2) is 31.3 Å². The van der Waals surface area contributed by atoms with E-state index in [2.05, 4.69) is 52.1 Å². The third-order valence-corrected chi connectivity index (χ3v) is 18.8. The van der Waals surface area contributed by atoms with Gasteiger partial charge in [0.05, 0.1) is 16.0 Å². The van der Waals surface area contributed by atoms with E-state index in [1.54, 1.807) is 21.7 Å². The summed E-state index contributed by atoms with van der Waals surface area (Å²) in [5.41, 5.74) is 1.29. The molecule has 0 spiro atoms. The highest BCUT2D eigenvalue weighted by Crippen LogP contribution is 2.48. The molecule has 0 N–H and O–H groups in total. The van der Waals surface area contributed by atoms with Gasteiger partial charge < -0.3 is 0 Å². The van der Waals surface area contributed by atoms with Crippen LogP contribution in [0.25, 0.3) is 19.5 Å². The maximum absolute atomic E-state index is 13.5. The Hall–Kier alpha value is -1.54. The zero-order valence-corrected chi connectivity index (χ0v) is 29.1. The number of hydrogen-bond acceptors (Lipinski definition) is 5. The Labute approximate surface area is 260 Å². The molecule has 2 amide bonds. The lowest BCUT2D eigenvalue weighted by Gasteiger charge is -2.35. The van der Waals surface area contributed by atoms with Gasteiger partial charge in [0, 0.05) is 26.6 Å². The van der Waals surface area contributed by atoms with Crippen molar-refractivity contribution < 1.29 is 9.59 Å². The minimum atomic E-state index is -2.01. The van der Waals surface area contributed by atoms with E-state index in [0.717, 1.165) is 29.6 Å². The van der Waals surface area contributed by atoms with E-state index < -0.39 is 8.07 Å². The van der Waals surface area contributed by atoms with E-state index >= 15 is 0 Å². The molecule has 2 aliphatic heterocycles. The second-order valence-electron chi connectivity index (χ2n) is 12.3. The molecular weight excluding hydrogens is 579 g/mol. The van der Waals surface area contributed by atoms with Crippen molar-refractivity contribution >= 4 is 64.3 Å². The molecule has 2 atom stereocenters. The zero-order chi connectivity index (χ0) is 29.1. The number of unbranched alkanes of at least 4 members (excludes halogenated alkanes) is 3. The van der Waals surface area contributed by atoms with Crippen LogP contribution in [0.1, 0.15) is 120 Å². The lowest BCUT2D eigenvalue weighted by molar-refractivity contribution is 0.0652. The normalized spacial score (nSPS) is 19.1. The number of fused-ring (bicyclic) bond motifs is 4. The fourth-order valence-electron chi connectivity index (χ4n) is 7.23. The largest absolute Gasteiger partial charge is 0.274 e. The number of thiophene rings is 3. The van der Waals surface area contributed by atoms with Crippen molar-refractivity contribution in [2.24, 2.45) is 11.8 Å². The average Bonchev–Trinajstić information content (AvgIpc) is 3.78. The van der Waals surface area contributed by atoms with Gasteiger partial charge in [-0.05, 0) is 52.2 Å². The summed E-state index contributed by atoms with van der Waals surface area (Å²) in [6.07, 6.45) is 12.2. The van der Waals surface area contributed by atoms with Crippen LogP contribution in [0.5, 0.6) is 0 Å². The Balaban J connectivity index is 1.59. The summed E-state index contributed by atoms with van der Waals surface area (Å²) in [6, 6.07) is 7.71. The highest BCUT2D eigenvalue weighted by molar-refractivity contribution is 7.31. The van der Waals surface area contributed by atoms with Gasteiger partial charge in [-0.3, -0.25) is 14.5 Å². The molecule has 0 saturated carbocycles. The Kier molecular flexibility index (Phi) is 10.1. The number of rotatable bonds is 16. The Morgan fingerprint density at radius 1 is 0.780 bits per heavy atom. The maximum atomic E-state index is 13.5. The summed E-state index contributed by atoms with van der Waals surface area (Å²) in [5, 5.41) is 7.63. The Morgan fingerprint density at radius 2 is 1.44 bits per heavy atom. The second-order valence-corrected chi connectivity index (χ2v) is 19.2. The van der Waals surface area contributed by atoms with E-state index in [4.69, 9.17) is 0 Å². The number of imide groups is 1. The smallest absolute Gasteiger partial charge is 0.263 e. The maximum Gasteiger partial charge on any atom is 0.263 e. The third kappa shape index (κ3) is 5.61. The predicted octanol–water partition coefficient (Wildman–Crippen LogP) is 9.91. The molecule has 5 heterocycles. The summed E-state index contributed by atoms with van der Waals surface area (Å²) >= 11 is 5.42. The van der Waals surface area contributed by atoms with Crippen molar-refractivity contribution in [2.45, 2.75) is 111 Å².